The molecule has 0 bridgehead atoms. The molecule has 1 aliphatic rings. The second kappa shape index (κ2) is 11.6. The summed E-state index contributed by atoms with van der Waals surface area (Å²) in [5.41, 5.74) is 8.76. The van der Waals surface area contributed by atoms with E-state index >= 15 is 0 Å². The third-order valence-corrected chi connectivity index (χ3v) is 9.10. The van der Waals surface area contributed by atoms with Crippen molar-refractivity contribution in [2.24, 2.45) is 0 Å². The third kappa shape index (κ3) is 5.16. The van der Waals surface area contributed by atoms with Gasteiger partial charge < -0.3 is 14.5 Å². The van der Waals surface area contributed by atoms with Crippen molar-refractivity contribution in [2.45, 2.75) is 33.1 Å². The van der Waals surface area contributed by atoms with Gasteiger partial charge in [-0.1, -0.05) is 51.1 Å². The summed E-state index contributed by atoms with van der Waals surface area (Å²) < 4.78 is 22.7. The zero-order valence-electron chi connectivity index (χ0n) is 26.7. The first kappa shape index (κ1) is 28.8. The molecule has 3 heterocycles. The molecule has 2 aromatic heterocycles. The number of para-hydroxylation sites is 3. The van der Waals surface area contributed by atoms with E-state index in [0.717, 1.165) is 62.9 Å². The summed E-state index contributed by atoms with van der Waals surface area (Å²) in [6.45, 7) is 7.17. The van der Waals surface area contributed by atoms with Crippen molar-refractivity contribution in [2.75, 3.05) is 16.5 Å². The highest BCUT2D eigenvalue weighted by atomic mass is 19.1. The van der Waals surface area contributed by atoms with E-state index in [9.17, 15) is 4.39 Å². The van der Waals surface area contributed by atoms with Crippen LogP contribution in [-0.4, -0.2) is 16.2 Å². The summed E-state index contributed by atoms with van der Waals surface area (Å²) in [4.78, 5) is 9.30. The first-order chi connectivity index (χ1) is 23.0. The van der Waals surface area contributed by atoms with Crippen LogP contribution in [-0.2, 0) is 6.42 Å². The van der Waals surface area contributed by atoms with Gasteiger partial charge in [0, 0.05) is 40.5 Å². The number of benzene rings is 5. The molecule has 0 N–H and O–H groups in total. The molecule has 0 saturated heterocycles. The van der Waals surface area contributed by atoms with E-state index < -0.39 is 0 Å². The van der Waals surface area contributed by atoms with Gasteiger partial charge in [-0.25, -0.2) is 9.37 Å². The smallest absolute Gasteiger partial charge is 0.137 e. The Balaban J connectivity index is 1.19. The summed E-state index contributed by atoms with van der Waals surface area (Å²) in [7, 11) is 0. The number of halogens is 1. The zero-order chi connectivity index (χ0) is 32.1. The number of fused-ring (bicyclic) bond motifs is 4. The maximum absolute atomic E-state index is 13.8. The van der Waals surface area contributed by atoms with E-state index in [-0.39, 0.29) is 5.82 Å². The van der Waals surface area contributed by atoms with E-state index in [1.807, 2.05) is 24.4 Å². The van der Waals surface area contributed by atoms with Crippen molar-refractivity contribution >= 4 is 44.6 Å². The van der Waals surface area contributed by atoms with Gasteiger partial charge in [-0.15, -0.1) is 0 Å². The second-order valence-corrected chi connectivity index (χ2v) is 12.4. The lowest BCUT2D eigenvalue weighted by Crippen LogP contribution is -2.24. The average molecular weight is 619 g/mol. The number of aromatic nitrogens is 2. The summed E-state index contributed by atoms with van der Waals surface area (Å²) in [5.74, 6) is 2.59. The molecule has 8 rings (SSSR count). The van der Waals surface area contributed by atoms with Crippen LogP contribution in [0.1, 0.15) is 37.8 Å². The van der Waals surface area contributed by atoms with Gasteiger partial charge in [-0.05, 0) is 102 Å². The minimum Gasteiger partial charge on any atom is -0.457 e. The van der Waals surface area contributed by atoms with E-state index in [1.165, 1.54) is 28.6 Å². The second-order valence-electron chi connectivity index (χ2n) is 12.4. The standard InChI is InChI=1S/C41H35FN4O/c1-4-28-21-32(45-26-44(31-15-13-30(42)14-16-31)38-11-7-8-12-39(38)45)24-34(22-28)47-33-17-18-36-35-9-5-6-10-37(35)46(40(36)25-33)41-23-29(27(2)3)19-20-43-41/h5-25,27H,4,26H2,1-3H3. The largest absolute Gasteiger partial charge is 0.457 e. The number of rotatable bonds is 7. The van der Waals surface area contributed by atoms with Gasteiger partial charge >= 0.3 is 0 Å². The third-order valence-electron chi connectivity index (χ3n) is 9.10. The van der Waals surface area contributed by atoms with Crippen LogP contribution < -0.4 is 14.5 Å². The molecule has 0 atom stereocenters. The van der Waals surface area contributed by atoms with Crippen LogP contribution in [0.2, 0.25) is 0 Å². The van der Waals surface area contributed by atoms with Crippen molar-refractivity contribution in [3.8, 4) is 17.3 Å². The molecule has 0 saturated carbocycles. The minimum atomic E-state index is -0.241. The fraction of sp³-hybridized carbons (Fsp3) is 0.146. The fourth-order valence-electron chi connectivity index (χ4n) is 6.65. The molecule has 0 aliphatic carbocycles. The molecule has 0 amide bonds. The lowest BCUT2D eigenvalue weighted by atomic mass is 10.1. The van der Waals surface area contributed by atoms with Crippen LogP contribution >= 0.6 is 0 Å². The minimum absolute atomic E-state index is 0.241. The summed E-state index contributed by atoms with van der Waals surface area (Å²) >= 11 is 0. The van der Waals surface area contributed by atoms with Crippen LogP contribution in [0.25, 0.3) is 27.6 Å². The van der Waals surface area contributed by atoms with Gasteiger partial charge in [0.15, 0.2) is 0 Å². The van der Waals surface area contributed by atoms with Crippen LogP contribution in [0.4, 0.5) is 27.1 Å². The molecule has 0 fully saturated rings. The lowest BCUT2D eigenvalue weighted by Gasteiger charge is -2.23. The quantitative estimate of drug-likeness (QED) is 0.178. The normalized spacial score (nSPS) is 12.8. The number of ether oxygens (including phenoxy) is 1. The number of pyridine rings is 1. The molecule has 47 heavy (non-hydrogen) atoms. The highest BCUT2D eigenvalue weighted by Gasteiger charge is 2.28. The molecule has 0 unspecified atom stereocenters. The first-order valence-electron chi connectivity index (χ1n) is 16.2. The van der Waals surface area contributed by atoms with E-state index in [2.05, 4.69) is 126 Å². The van der Waals surface area contributed by atoms with E-state index in [1.54, 1.807) is 0 Å². The molecule has 0 radical (unpaired) electrons. The van der Waals surface area contributed by atoms with Crippen molar-refractivity contribution in [1.82, 2.24) is 9.55 Å². The lowest BCUT2D eigenvalue weighted by molar-refractivity contribution is 0.482. The first-order valence-corrected chi connectivity index (χ1v) is 16.2. The average Bonchev–Trinajstić information content (AvgIpc) is 3.65. The highest BCUT2D eigenvalue weighted by molar-refractivity contribution is 6.09. The Morgan fingerprint density at radius 3 is 2.19 bits per heavy atom. The molecule has 6 heteroatoms. The number of hydrogen-bond acceptors (Lipinski definition) is 4. The monoisotopic (exact) mass is 618 g/mol. The van der Waals surface area contributed by atoms with Gasteiger partial charge in [0.05, 0.1) is 22.4 Å². The summed E-state index contributed by atoms with van der Waals surface area (Å²) in [5, 5.41) is 2.33. The van der Waals surface area contributed by atoms with Crippen molar-refractivity contribution in [1.29, 1.82) is 0 Å². The predicted octanol–water partition coefficient (Wildman–Crippen LogP) is 11.0. The molecule has 7 aromatic rings. The van der Waals surface area contributed by atoms with Gasteiger partial charge in [0.25, 0.3) is 0 Å². The Morgan fingerprint density at radius 1 is 0.702 bits per heavy atom. The van der Waals surface area contributed by atoms with Gasteiger partial charge in [-0.3, -0.25) is 4.57 Å². The number of aryl methyl sites for hydroxylation is 1. The predicted molar refractivity (Wildman–Crippen MR) is 191 cm³/mol. The molecule has 1 aliphatic heterocycles. The van der Waals surface area contributed by atoms with Gasteiger partial charge in [-0.2, -0.15) is 0 Å². The molecular formula is C41H35FN4O. The van der Waals surface area contributed by atoms with Gasteiger partial charge in [0.1, 0.15) is 29.8 Å². The molecule has 232 valence electrons. The van der Waals surface area contributed by atoms with Crippen LogP contribution in [0.5, 0.6) is 11.5 Å². The molecule has 5 nitrogen and oxygen atoms in total. The topological polar surface area (TPSA) is 33.5 Å². The molecule has 5 aromatic carbocycles. The fourth-order valence-corrected chi connectivity index (χ4v) is 6.65. The van der Waals surface area contributed by atoms with Crippen LogP contribution in [0.15, 0.2) is 128 Å². The Bertz CT molecular complexity index is 2260. The van der Waals surface area contributed by atoms with Crippen molar-refractivity contribution in [3.05, 3.63) is 144 Å². The Morgan fingerprint density at radius 2 is 1.43 bits per heavy atom. The Kier molecular flexibility index (Phi) is 7.13. The Labute approximate surface area is 274 Å². The number of anilines is 4. The summed E-state index contributed by atoms with van der Waals surface area (Å²) in [6.07, 6.45) is 2.77. The number of nitrogens with zero attached hydrogens (tertiary/aromatic N) is 4. The van der Waals surface area contributed by atoms with Crippen molar-refractivity contribution < 1.29 is 9.13 Å². The molecular weight excluding hydrogens is 583 g/mol. The maximum atomic E-state index is 13.8. The van der Waals surface area contributed by atoms with Gasteiger partial charge in [0.2, 0.25) is 0 Å². The van der Waals surface area contributed by atoms with Crippen LogP contribution in [0, 0.1) is 5.82 Å². The van der Waals surface area contributed by atoms with E-state index in [0.29, 0.717) is 12.6 Å². The SMILES string of the molecule is CCc1cc(Oc2ccc3c4ccccc4n(-c4cc(C(C)C)ccn4)c3c2)cc(N2CN(c3ccc(F)cc3)c3ccccc32)c1. The molecule has 0 spiro atoms. The number of hydrogen-bond donors (Lipinski definition) is 0. The zero-order valence-corrected chi connectivity index (χ0v) is 26.7. The highest BCUT2D eigenvalue weighted by Crippen LogP contribution is 2.45. The maximum Gasteiger partial charge on any atom is 0.137 e. The Hall–Kier alpha value is -5.62. The van der Waals surface area contributed by atoms with E-state index in [4.69, 9.17) is 9.72 Å². The van der Waals surface area contributed by atoms with Crippen LogP contribution in [0.3, 0.4) is 0 Å². The van der Waals surface area contributed by atoms with Crippen molar-refractivity contribution in [3.63, 3.8) is 0 Å². The summed E-state index contributed by atoms with van der Waals surface area (Å²) in [6, 6.07) is 40.6.